The van der Waals surface area contributed by atoms with Crippen LogP contribution in [0.25, 0.3) is 0 Å². The van der Waals surface area contributed by atoms with Crippen molar-refractivity contribution >= 4 is 0 Å². The Labute approximate surface area is 106 Å². The number of rotatable bonds is 3. The Hall–Kier alpha value is -0.0800. The van der Waals surface area contributed by atoms with Crippen molar-refractivity contribution in [3.05, 3.63) is 0 Å². The van der Waals surface area contributed by atoms with Crippen molar-refractivity contribution in [1.29, 1.82) is 0 Å². The van der Waals surface area contributed by atoms with Gasteiger partial charge < -0.3 is 10.0 Å². The molecule has 1 aliphatic heterocycles. The first-order valence-corrected chi connectivity index (χ1v) is 7.55. The molecule has 1 saturated carbocycles. The molecule has 4 atom stereocenters. The van der Waals surface area contributed by atoms with Crippen LogP contribution in [0.5, 0.6) is 0 Å². The van der Waals surface area contributed by atoms with Gasteiger partial charge in [0.2, 0.25) is 0 Å². The predicted octanol–water partition coefficient (Wildman–Crippen LogP) is 2.91. The molecule has 2 fully saturated rings. The highest BCUT2D eigenvalue weighted by atomic mass is 16.3. The van der Waals surface area contributed by atoms with Gasteiger partial charge >= 0.3 is 0 Å². The Bertz CT molecular complexity index is 229. The molecule has 2 rings (SSSR count). The molecule has 0 bridgehead atoms. The molecular weight excluding hydrogens is 210 g/mol. The second kappa shape index (κ2) is 6.19. The molecule has 4 unspecified atom stereocenters. The summed E-state index contributed by atoms with van der Waals surface area (Å²) in [5, 5.41) is 9.07. The van der Waals surface area contributed by atoms with Crippen LogP contribution in [0.4, 0.5) is 0 Å². The second-order valence-electron chi connectivity index (χ2n) is 6.44. The van der Waals surface area contributed by atoms with Crippen LogP contribution >= 0.6 is 0 Å². The van der Waals surface area contributed by atoms with Crippen molar-refractivity contribution in [1.82, 2.24) is 4.90 Å². The number of hydrogen-bond donors (Lipinski definition) is 1. The van der Waals surface area contributed by atoms with Crippen molar-refractivity contribution in [3.63, 3.8) is 0 Å². The molecule has 2 aliphatic rings. The minimum Gasteiger partial charge on any atom is -0.396 e. The fraction of sp³-hybridized carbons (Fsp3) is 1.00. The van der Waals surface area contributed by atoms with Crippen molar-refractivity contribution in [3.8, 4) is 0 Å². The van der Waals surface area contributed by atoms with Gasteiger partial charge in [0.05, 0.1) is 0 Å². The van der Waals surface area contributed by atoms with Gasteiger partial charge in [-0.25, -0.2) is 0 Å². The molecule has 17 heavy (non-hydrogen) atoms. The highest BCUT2D eigenvalue weighted by Gasteiger charge is 2.31. The van der Waals surface area contributed by atoms with Crippen LogP contribution in [0.3, 0.4) is 0 Å². The number of aliphatic hydroxyl groups is 1. The molecule has 1 heterocycles. The van der Waals surface area contributed by atoms with E-state index in [1.54, 1.807) is 0 Å². The zero-order valence-corrected chi connectivity index (χ0v) is 11.6. The normalized spacial score (nSPS) is 40.4. The molecular formula is C15H29NO. The van der Waals surface area contributed by atoms with Crippen LogP contribution in [0, 0.1) is 17.8 Å². The minimum atomic E-state index is 0.372. The van der Waals surface area contributed by atoms with Gasteiger partial charge in [-0.05, 0) is 62.8 Å². The predicted molar refractivity (Wildman–Crippen MR) is 72.0 cm³/mol. The van der Waals surface area contributed by atoms with E-state index >= 15 is 0 Å². The fourth-order valence-electron chi connectivity index (χ4n) is 3.70. The Morgan fingerprint density at radius 3 is 2.65 bits per heavy atom. The SMILES string of the molecule is CC1CCC(N2CCCC(CCO)C2)CC1C. The number of piperidine rings is 1. The Balaban J connectivity index is 1.84. The van der Waals surface area contributed by atoms with Crippen molar-refractivity contribution in [2.75, 3.05) is 19.7 Å². The van der Waals surface area contributed by atoms with Crippen LogP contribution in [0.1, 0.15) is 52.4 Å². The summed E-state index contributed by atoms with van der Waals surface area (Å²) in [6.07, 6.45) is 7.88. The summed E-state index contributed by atoms with van der Waals surface area (Å²) in [5.74, 6) is 2.57. The van der Waals surface area contributed by atoms with E-state index in [9.17, 15) is 0 Å². The van der Waals surface area contributed by atoms with E-state index in [0.717, 1.165) is 30.2 Å². The molecule has 100 valence electrons. The lowest BCUT2D eigenvalue weighted by Gasteiger charge is -2.43. The van der Waals surface area contributed by atoms with E-state index < -0.39 is 0 Å². The highest BCUT2D eigenvalue weighted by Crippen LogP contribution is 2.34. The summed E-state index contributed by atoms with van der Waals surface area (Å²) >= 11 is 0. The van der Waals surface area contributed by atoms with Gasteiger partial charge in [-0.2, -0.15) is 0 Å². The van der Waals surface area contributed by atoms with E-state index in [4.69, 9.17) is 5.11 Å². The van der Waals surface area contributed by atoms with Gasteiger partial charge in [0.1, 0.15) is 0 Å². The van der Waals surface area contributed by atoms with Crippen LogP contribution in [0.15, 0.2) is 0 Å². The van der Waals surface area contributed by atoms with Gasteiger partial charge in [-0.15, -0.1) is 0 Å². The monoisotopic (exact) mass is 239 g/mol. The van der Waals surface area contributed by atoms with Crippen molar-refractivity contribution in [2.24, 2.45) is 17.8 Å². The molecule has 0 aromatic carbocycles. The lowest BCUT2D eigenvalue weighted by atomic mass is 9.78. The number of aliphatic hydroxyl groups excluding tert-OH is 1. The quantitative estimate of drug-likeness (QED) is 0.818. The Morgan fingerprint density at radius 2 is 1.94 bits per heavy atom. The maximum absolute atomic E-state index is 9.07. The average Bonchev–Trinajstić information content (AvgIpc) is 2.33. The first-order chi connectivity index (χ1) is 8.20. The topological polar surface area (TPSA) is 23.5 Å². The standard InChI is InChI=1S/C15H29NO/c1-12-5-6-15(10-13(12)2)16-8-3-4-14(11-16)7-9-17/h12-15,17H,3-11H2,1-2H3. The third-order valence-corrected chi connectivity index (χ3v) is 5.17. The molecule has 2 heteroatoms. The average molecular weight is 239 g/mol. The molecule has 0 aromatic heterocycles. The minimum absolute atomic E-state index is 0.372. The van der Waals surface area contributed by atoms with Crippen LogP contribution in [-0.4, -0.2) is 35.7 Å². The first kappa shape index (κ1) is 13.4. The van der Waals surface area contributed by atoms with E-state index in [1.807, 2.05) is 0 Å². The van der Waals surface area contributed by atoms with Gasteiger partial charge in [0.15, 0.2) is 0 Å². The zero-order valence-electron chi connectivity index (χ0n) is 11.6. The van der Waals surface area contributed by atoms with Gasteiger partial charge in [0, 0.05) is 19.2 Å². The molecule has 0 aromatic rings. The smallest absolute Gasteiger partial charge is 0.0434 e. The molecule has 1 N–H and O–H groups in total. The summed E-state index contributed by atoms with van der Waals surface area (Å²) in [6, 6.07) is 0.836. The Morgan fingerprint density at radius 1 is 1.12 bits per heavy atom. The summed E-state index contributed by atoms with van der Waals surface area (Å²) in [5.41, 5.74) is 0. The van der Waals surface area contributed by atoms with Gasteiger partial charge in [-0.3, -0.25) is 0 Å². The van der Waals surface area contributed by atoms with Crippen LogP contribution in [0.2, 0.25) is 0 Å². The summed E-state index contributed by atoms with van der Waals surface area (Å²) < 4.78 is 0. The van der Waals surface area contributed by atoms with Crippen molar-refractivity contribution in [2.45, 2.75) is 58.4 Å². The molecule has 0 radical (unpaired) electrons. The van der Waals surface area contributed by atoms with Crippen LogP contribution in [-0.2, 0) is 0 Å². The summed E-state index contributed by atoms with van der Waals surface area (Å²) in [4.78, 5) is 2.73. The first-order valence-electron chi connectivity index (χ1n) is 7.55. The van der Waals surface area contributed by atoms with E-state index in [2.05, 4.69) is 18.7 Å². The fourth-order valence-corrected chi connectivity index (χ4v) is 3.70. The van der Waals surface area contributed by atoms with Gasteiger partial charge in [0.25, 0.3) is 0 Å². The summed E-state index contributed by atoms with van der Waals surface area (Å²) in [6.45, 7) is 7.74. The van der Waals surface area contributed by atoms with Gasteiger partial charge in [-0.1, -0.05) is 13.8 Å². The Kier molecular flexibility index (Phi) is 4.87. The lowest BCUT2D eigenvalue weighted by molar-refractivity contribution is 0.0625. The number of likely N-dealkylation sites (tertiary alicyclic amines) is 1. The molecule has 1 aliphatic carbocycles. The largest absolute Gasteiger partial charge is 0.396 e. The molecule has 1 saturated heterocycles. The lowest BCUT2D eigenvalue weighted by Crippen LogP contribution is -2.45. The third kappa shape index (κ3) is 3.45. The zero-order chi connectivity index (χ0) is 12.3. The molecule has 0 spiro atoms. The highest BCUT2D eigenvalue weighted by molar-refractivity contribution is 4.85. The van der Waals surface area contributed by atoms with E-state index in [0.29, 0.717) is 6.61 Å². The molecule has 2 nitrogen and oxygen atoms in total. The third-order valence-electron chi connectivity index (χ3n) is 5.17. The number of nitrogens with zero attached hydrogens (tertiary/aromatic N) is 1. The maximum Gasteiger partial charge on any atom is 0.0434 e. The summed E-state index contributed by atoms with van der Waals surface area (Å²) in [7, 11) is 0. The maximum atomic E-state index is 9.07. The molecule has 0 amide bonds. The van der Waals surface area contributed by atoms with E-state index in [1.165, 1.54) is 45.2 Å². The van der Waals surface area contributed by atoms with Crippen LogP contribution < -0.4 is 0 Å². The van der Waals surface area contributed by atoms with Crippen molar-refractivity contribution < 1.29 is 5.11 Å². The second-order valence-corrected chi connectivity index (χ2v) is 6.44. The number of hydrogen-bond acceptors (Lipinski definition) is 2. The van der Waals surface area contributed by atoms with E-state index in [-0.39, 0.29) is 0 Å².